The molecule has 0 atom stereocenters. The van der Waals surface area contributed by atoms with E-state index in [9.17, 15) is 4.79 Å². The Balaban J connectivity index is 1.84. The molecule has 2 heterocycles. The highest BCUT2D eigenvalue weighted by Crippen LogP contribution is 2.28. The Hall–Kier alpha value is -2.66. The maximum absolute atomic E-state index is 12.4. The van der Waals surface area contributed by atoms with Crippen LogP contribution < -0.4 is 10.9 Å². The van der Waals surface area contributed by atoms with Crippen LogP contribution in [-0.4, -0.2) is 9.97 Å². The molecule has 0 radical (unpaired) electrons. The quantitative estimate of drug-likeness (QED) is 0.584. The maximum atomic E-state index is 12.4. The van der Waals surface area contributed by atoms with Crippen LogP contribution in [0.3, 0.4) is 0 Å². The highest BCUT2D eigenvalue weighted by molar-refractivity contribution is 7.21. The van der Waals surface area contributed by atoms with Gasteiger partial charge in [-0.05, 0) is 25.1 Å². The van der Waals surface area contributed by atoms with E-state index in [4.69, 9.17) is 0 Å². The van der Waals surface area contributed by atoms with Gasteiger partial charge in [0.15, 0.2) is 5.13 Å². The molecular formula is C17H13N3OS. The summed E-state index contributed by atoms with van der Waals surface area (Å²) in [6, 6.07) is 15.8. The molecule has 5 heteroatoms. The van der Waals surface area contributed by atoms with Crippen molar-refractivity contribution in [1.82, 2.24) is 9.97 Å². The van der Waals surface area contributed by atoms with Crippen LogP contribution in [-0.2, 0) is 0 Å². The van der Waals surface area contributed by atoms with Crippen LogP contribution in [0.15, 0.2) is 53.3 Å². The minimum atomic E-state index is -0.208. The van der Waals surface area contributed by atoms with Crippen LogP contribution in [0.4, 0.5) is 10.8 Å². The predicted octanol–water partition coefficient (Wildman–Crippen LogP) is 4.19. The summed E-state index contributed by atoms with van der Waals surface area (Å²) in [5.41, 5.74) is 2.86. The SMILES string of the molecule is Cc1ccc(Nc2nc(=O)c3c([nH]c4ccccc43)s2)cc1. The van der Waals surface area contributed by atoms with Crippen molar-refractivity contribution >= 4 is 43.3 Å². The van der Waals surface area contributed by atoms with Gasteiger partial charge in [0.25, 0.3) is 5.56 Å². The number of fused-ring (bicyclic) bond motifs is 3. The number of aryl methyl sites for hydroxylation is 1. The minimum absolute atomic E-state index is 0.208. The molecule has 0 aliphatic rings. The van der Waals surface area contributed by atoms with E-state index in [1.54, 1.807) is 0 Å². The fraction of sp³-hybridized carbons (Fsp3) is 0.0588. The number of anilines is 2. The number of benzene rings is 2. The number of aromatic nitrogens is 2. The zero-order chi connectivity index (χ0) is 15.1. The molecule has 0 bridgehead atoms. The first-order valence-corrected chi connectivity index (χ1v) is 7.77. The Labute approximate surface area is 130 Å². The van der Waals surface area contributed by atoms with Gasteiger partial charge in [0, 0.05) is 16.6 Å². The van der Waals surface area contributed by atoms with Crippen molar-refractivity contribution in [2.75, 3.05) is 5.32 Å². The summed E-state index contributed by atoms with van der Waals surface area (Å²) in [5.74, 6) is 0. The standard InChI is InChI=1S/C17H13N3OS/c1-10-6-8-11(9-7-10)18-17-20-15(21)14-12-4-2-3-5-13(12)19-16(14)22-17/h2-9,19H,1H3,(H,18,20,21). The summed E-state index contributed by atoms with van der Waals surface area (Å²) < 4.78 is 0. The minimum Gasteiger partial charge on any atom is -0.346 e. The molecule has 2 aromatic carbocycles. The summed E-state index contributed by atoms with van der Waals surface area (Å²) >= 11 is 1.45. The van der Waals surface area contributed by atoms with Gasteiger partial charge in [-0.1, -0.05) is 47.2 Å². The molecule has 0 spiro atoms. The van der Waals surface area contributed by atoms with Gasteiger partial charge in [-0.15, -0.1) is 0 Å². The Bertz CT molecular complexity index is 1030. The van der Waals surface area contributed by atoms with Gasteiger partial charge < -0.3 is 10.3 Å². The van der Waals surface area contributed by atoms with Crippen molar-refractivity contribution in [3.63, 3.8) is 0 Å². The van der Waals surface area contributed by atoms with E-state index in [1.807, 2.05) is 55.5 Å². The smallest absolute Gasteiger partial charge is 0.283 e. The molecule has 0 saturated carbocycles. The molecule has 0 aliphatic carbocycles. The van der Waals surface area contributed by atoms with E-state index in [0.29, 0.717) is 10.5 Å². The molecule has 2 N–H and O–H groups in total. The molecular weight excluding hydrogens is 294 g/mol. The average molecular weight is 307 g/mol. The molecule has 22 heavy (non-hydrogen) atoms. The largest absolute Gasteiger partial charge is 0.346 e. The lowest BCUT2D eigenvalue weighted by Gasteiger charge is -2.04. The number of H-pyrrole nitrogens is 1. The van der Waals surface area contributed by atoms with Crippen LogP contribution in [0.1, 0.15) is 5.56 Å². The van der Waals surface area contributed by atoms with E-state index in [1.165, 1.54) is 16.9 Å². The molecule has 2 aromatic heterocycles. The summed E-state index contributed by atoms with van der Waals surface area (Å²) in [4.78, 5) is 20.7. The second kappa shape index (κ2) is 4.96. The summed E-state index contributed by atoms with van der Waals surface area (Å²) in [6.45, 7) is 2.04. The van der Waals surface area contributed by atoms with Crippen molar-refractivity contribution in [3.05, 3.63) is 64.4 Å². The monoisotopic (exact) mass is 307 g/mol. The third kappa shape index (κ3) is 2.16. The van der Waals surface area contributed by atoms with Crippen LogP contribution in [0.25, 0.3) is 21.1 Å². The first-order valence-electron chi connectivity index (χ1n) is 6.96. The van der Waals surface area contributed by atoms with Crippen LogP contribution in [0.5, 0.6) is 0 Å². The Morgan fingerprint density at radius 3 is 2.68 bits per heavy atom. The highest BCUT2D eigenvalue weighted by Gasteiger charge is 2.11. The topological polar surface area (TPSA) is 57.8 Å². The van der Waals surface area contributed by atoms with Crippen molar-refractivity contribution < 1.29 is 0 Å². The van der Waals surface area contributed by atoms with Crippen molar-refractivity contribution in [2.24, 2.45) is 0 Å². The van der Waals surface area contributed by atoms with E-state index in [0.717, 1.165) is 21.4 Å². The molecule has 0 fully saturated rings. The lowest BCUT2D eigenvalue weighted by molar-refractivity contribution is 1.30. The molecule has 4 nitrogen and oxygen atoms in total. The summed E-state index contributed by atoms with van der Waals surface area (Å²) in [5, 5.41) is 5.37. The van der Waals surface area contributed by atoms with Gasteiger partial charge in [-0.3, -0.25) is 4.79 Å². The van der Waals surface area contributed by atoms with Gasteiger partial charge in [0.1, 0.15) is 4.83 Å². The molecule has 4 rings (SSSR count). The van der Waals surface area contributed by atoms with E-state index >= 15 is 0 Å². The second-order valence-corrected chi connectivity index (χ2v) is 6.19. The molecule has 108 valence electrons. The number of nitrogens with zero attached hydrogens (tertiary/aromatic N) is 1. The van der Waals surface area contributed by atoms with E-state index < -0.39 is 0 Å². The van der Waals surface area contributed by atoms with E-state index in [-0.39, 0.29) is 5.56 Å². The van der Waals surface area contributed by atoms with Gasteiger partial charge >= 0.3 is 0 Å². The number of para-hydroxylation sites is 1. The van der Waals surface area contributed by atoms with E-state index in [2.05, 4.69) is 15.3 Å². The Kier molecular flexibility index (Phi) is 2.94. The number of rotatable bonds is 2. The summed E-state index contributed by atoms with van der Waals surface area (Å²) in [7, 11) is 0. The molecule has 0 aliphatic heterocycles. The van der Waals surface area contributed by atoms with Gasteiger partial charge in [-0.2, -0.15) is 4.98 Å². The van der Waals surface area contributed by atoms with Crippen LogP contribution in [0, 0.1) is 6.92 Å². The van der Waals surface area contributed by atoms with Crippen molar-refractivity contribution in [1.29, 1.82) is 0 Å². The Morgan fingerprint density at radius 2 is 1.86 bits per heavy atom. The van der Waals surface area contributed by atoms with Gasteiger partial charge in [-0.25, -0.2) is 0 Å². The first kappa shape index (κ1) is 13.0. The summed E-state index contributed by atoms with van der Waals surface area (Å²) in [6.07, 6.45) is 0. The average Bonchev–Trinajstić information content (AvgIpc) is 2.88. The van der Waals surface area contributed by atoms with Gasteiger partial charge in [0.2, 0.25) is 0 Å². The van der Waals surface area contributed by atoms with Gasteiger partial charge in [0.05, 0.1) is 5.39 Å². The fourth-order valence-electron chi connectivity index (χ4n) is 2.49. The molecule has 0 amide bonds. The third-order valence-electron chi connectivity index (χ3n) is 3.59. The number of hydrogen-bond donors (Lipinski definition) is 2. The molecule has 0 unspecified atom stereocenters. The van der Waals surface area contributed by atoms with Crippen LogP contribution >= 0.6 is 11.3 Å². The van der Waals surface area contributed by atoms with Crippen molar-refractivity contribution in [3.8, 4) is 0 Å². The number of hydrogen-bond acceptors (Lipinski definition) is 4. The molecule has 4 aromatic rings. The second-order valence-electron chi connectivity index (χ2n) is 5.19. The normalized spacial score (nSPS) is 11.1. The zero-order valence-electron chi connectivity index (χ0n) is 11.9. The van der Waals surface area contributed by atoms with Crippen LogP contribution in [0.2, 0.25) is 0 Å². The first-order chi connectivity index (χ1) is 10.7. The fourth-order valence-corrected chi connectivity index (χ4v) is 3.44. The zero-order valence-corrected chi connectivity index (χ0v) is 12.7. The Morgan fingerprint density at radius 1 is 1.09 bits per heavy atom. The lowest BCUT2D eigenvalue weighted by atomic mass is 10.2. The maximum Gasteiger partial charge on any atom is 0.283 e. The molecule has 0 saturated heterocycles. The predicted molar refractivity (Wildman–Crippen MR) is 92.2 cm³/mol. The van der Waals surface area contributed by atoms with Crippen molar-refractivity contribution in [2.45, 2.75) is 6.92 Å². The highest BCUT2D eigenvalue weighted by atomic mass is 32.1. The lowest BCUT2D eigenvalue weighted by Crippen LogP contribution is -2.06. The third-order valence-corrected chi connectivity index (χ3v) is 4.49. The number of nitrogens with one attached hydrogen (secondary N) is 2. The number of aromatic amines is 1.